The molecular formula is C11H14O3. The zero-order chi connectivity index (χ0) is 10.6. The summed E-state index contributed by atoms with van der Waals surface area (Å²) in [5.41, 5.74) is 1.60. The van der Waals surface area contributed by atoms with Gasteiger partial charge in [-0.05, 0) is 24.1 Å². The first-order valence-electron chi connectivity index (χ1n) is 4.58. The maximum absolute atomic E-state index is 10.9. The monoisotopic (exact) mass is 194 g/mol. The highest BCUT2D eigenvalue weighted by Gasteiger charge is 2.04. The van der Waals surface area contributed by atoms with E-state index in [0.29, 0.717) is 6.42 Å². The van der Waals surface area contributed by atoms with Crippen molar-refractivity contribution in [3.8, 4) is 5.75 Å². The van der Waals surface area contributed by atoms with Crippen molar-refractivity contribution in [2.24, 2.45) is 0 Å². The molecule has 0 aromatic heterocycles. The van der Waals surface area contributed by atoms with Gasteiger partial charge in [-0.3, -0.25) is 4.79 Å². The predicted molar refractivity (Wildman–Crippen MR) is 52.9 cm³/mol. The lowest BCUT2D eigenvalue weighted by atomic mass is 10.1. The van der Waals surface area contributed by atoms with Crippen LogP contribution in [-0.4, -0.2) is 11.1 Å². The predicted octanol–water partition coefficient (Wildman–Crippen LogP) is 2.15. The molecule has 1 N–H and O–H groups in total. The molecule has 3 heteroatoms. The Hall–Kier alpha value is -1.51. The Balaban J connectivity index is 2.68. The van der Waals surface area contributed by atoms with Gasteiger partial charge in [0.2, 0.25) is 0 Å². The Morgan fingerprint density at radius 2 is 2.21 bits per heavy atom. The molecule has 0 aliphatic rings. The second-order valence-electron chi connectivity index (χ2n) is 3.08. The van der Waals surface area contributed by atoms with Gasteiger partial charge in [0.15, 0.2) is 0 Å². The summed E-state index contributed by atoms with van der Waals surface area (Å²) < 4.78 is 4.96. The molecule has 1 rings (SSSR count). The standard InChI is InChI=1S/C11H14O3/c1-3-11(13)14-7-9-5-4-6-10(12)8(9)2/h4-6,12H,3,7H2,1-2H3. The van der Waals surface area contributed by atoms with Crippen molar-refractivity contribution in [1.29, 1.82) is 0 Å². The third-order valence-corrected chi connectivity index (χ3v) is 2.09. The second-order valence-corrected chi connectivity index (χ2v) is 3.08. The van der Waals surface area contributed by atoms with Gasteiger partial charge in [-0.2, -0.15) is 0 Å². The van der Waals surface area contributed by atoms with Crippen molar-refractivity contribution < 1.29 is 14.6 Å². The third-order valence-electron chi connectivity index (χ3n) is 2.09. The highest BCUT2D eigenvalue weighted by atomic mass is 16.5. The molecule has 0 unspecified atom stereocenters. The van der Waals surface area contributed by atoms with Crippen LogP contribution in [0.25, 0.3) is 0 Å². The van der Waals surface area contributed by atoms with Crippen LogP contribution in [0.5, 0.6) is 5.75 Å². The second kappa shape index (κ2) is 4.65. The van der Waals surface area contributed by atoms with E-state index in [-0.39, 0.29) is 18.3 Å². The molecule has 76 valence electrons. The molecule has 0 radical (unpaired) electrons. The van der Waals surface area contributed by atoms with Crippen molar-refractivity contribution in [2.75, 3.05) is 0 Å². The molecule has 14 heavy (non-hydrogen) atoms. The smallest absolute Gasteiger partial charge is 0.305 e. The molecule has 3 nitrogen and oxygen atoms in total. The highest BCUT2D eigenvalue weighted by molar-refractivity contribution is 5.68. The molecule has 0 bridgehead atoms. The van der Waals surface area contributed by atoms with E-state index in [2.05, 4.69) is 0 Å². The lowest BCUT2D eigenvalue weighted by molar-refractivity contribution is -0.144. The van der Waals surface area contributed by atoms with E-state index < -0.39 is 0 Å². The molecule has 1 aromatic rings. The molecular weight excluding hydrogens is 180 g/mol. The molecule has 0 fully saturated rings. The summed E-state index contributed by atoms with van der Waals surface area (Å²) in [6.07, 6.45) is 0.373. The normalized spacial score (nSPS) is 9.86. The number of hydrogen-bond donors (Lipinski definition) is 1. The van der Waals surface area contributed by atoms with E-state index in [1.54, 1.807) is 26.0 Å². The number of ether oxygens (including phenoxy) is 1. The Labute approximate surface area is 83.3 Å². The summed E-state index contributed by atoms with van der Waals surface area (Å²) in [5.74, 6) is 0.00258. The number of phenolic OH excluding ortho intramolecular Hbond substituents is 1. The zero-order valence-corrected chi connectivity index (χ0v) is 8.41. The van der Waals surface area contributed by atoms with Gasteiger partial charge >= 0.3 is 5.97 Å². The van der Waals surface area contributed by atoms with Crippen LogP contribution in [0, 0.1) is 6.92 Å². The van der Waals surface area contributed by atoms with Gasteiger partial charge in [0.05, 0.1) is 0 Å². The van der Waals surface area contributed by atoms with E-state index in [1.165, 1.54) is 0 Å². The quantitative estimate of drug-likeness (QED) is 0.750. The first kappa shape index (κ1) is 10.6. The van der Waals surface area contributed by atoms with Crippen molar-refractivity contribution in [1.82, 2.24) is 0 Å². The number of rotatable bonds is 3. The van der Waals surface area contributed by atoms with Crippen molar-refractivity contribution >= 4 is 5.97 Å². The Morgan fingerprint density at radius 3 is 2.86 bits per heavy atom. The molecule has 0 heterocycles. The summed E-state index contributed by atoms with van der Waals surface area (Å²) in [4.78, 5) is 10.9. The molecule has 0 saturated carbocycles. The number of aromatic hydroxyl groups is 1. The molecule has 0 aliphatic carbocycles. The number of esters is 1. The van der Waals surface area contributed by atoms with Gasteiger partial charge in [0.25, 0.3) is 0 Å². The highest BCUT2D eigenvalue weighted by Crippen LogP contribution is 2.20. The summed E-state index contributed by atoms with van der Waals surface area (Å²) in [6.45, 7) is 3.77. The van der Waals surface area contributed by atoms with Crippen LogP contribution < -0.4 is 0 Å². The van der Waals surface area contributed by atoms with E-state index in [0.717, 1.165) is 11.1 Å². The Morgan fingerprint density at radius 1 is 1.50 bits per heavy atom. The van der Waals surface area contributed by atoms with Gasteiger partial charge in [0, 0.05) is 6.42 Å². The minimum atomic E-state index is -0.229. The number of carbonyl (C=O) groups is 1. The van der Waals surface area contributed by atoms with Crippen LogP contribution in [-0.2, 0) is 16.1 Å². The molecule has 0 saturated heterocycles. The Bertz CT molecular complexity index is 331. The van der Waals surface area contributed by atoms with Crippen LogP contribution in [0.2, 0.25) is 0 Å². The minimum Gasteiger partial charge on any atom is -0.508 e. The van der Waals surface area contributed by atoms with Crippen molar-refractivity contribution in [2.45, 2.75) is 26.9 Å². The van der Waals surface area contributed by atoms with Crippen molar-refractivity contribution in [3.63, 3.8) is 0 Å². The van der Waals surface area contributed by atoms with E-state index >= 15 is 0 Å². The minimum absolute atomic E-state index is 0.229. The fraction of sp³-hybridized carbons (Fsp3) is 0.364. The topological polar surface area (TPSA) is 46.5 Å². The first-order valence-corrected chi connectivity index (χ1v) is 4.58. The van der Waals surface area contributed by atoms with Gasteiger partial charge in [-0.15, -0.1) is 0 Å². The largest absolute Gasteiger partial charge is 0.508 e. The zero-order valence-electron chi connectivity index (χ0n) is 8.41. The maximum atomic E-state index is 10.9. The summed E-state index contributed by atoms with van der Waals surface area (Å²) >= 11 is 0. The van der Waals surface area contributed by atoms with Crippen LogP contribution in [0.4, 0.5) is 0 Å². The van der Waals surface area contributed by atoms with Gasteiger partial charge in [0.1, 0.15) is 12.4 Å². The number of benzene rings is 1. The first-order chi connectivity index (χ1) is 6.65. The maximum Gasteiger partial charge on any atom is 0.305 e. The van der Waals surface area contributed by atoms with E-state index in [9.17, 15) is 9.90 Å². The number of carbonyl (C=O) groups excluding carboxylic acids is 1. The summed E-state index contributed by atoms with van der Waals surface area (Å²) in [7, 11) is 0. The van der Waals surface area contributed by atoms with Crippen LogP contribution in [0.3, 0.4) is 0 Å². The lowest BCUT2D eigenvalue weighted by Crippen LogP contribution is -2.03. The third kappa shape index (κ3) is 2.49. The van der Waals surface area contributed by atoms with Crippen LogP contribution in [0.15, 0.2) is 18.2 Å². The summed E-state index contributed by atoms with van der Waals surface area (Å²) in [5, 5.41) is 9.38. The van der Waals surface area contributed by atoms with Crippen LogP contribution in [0.1, 0.15) is 24.5 Å². The van der Waals surface area contributed by atoms with E-state index in [1.807, 2.05) is 6.07 Å². The van der Waals surface area contributed by atoms with Crippen LogP contribution >= 0.6 is 0 Å². The lowest BCUT2D eigenvalue weighted by Gasteiger charge is -2.07. The SMILES string of the molecule is CCC(=O)OCc1cccc(O)c1C. The Kier molecular flexibility index (Phi) is 3.51. The average Bonchev–Trinajstić information content (AvgIpc) is 2.20. The average molecular weight is 194 g/mol. The van der Waals surface area contributed by atoms with E-state index in [4.69, 9.17) is 4.74 Å². The van der Waals surface area contributed by atoms with Gasteiger partial charge < -0.3 is 9.84 Å². The van der Waals surface area contributed by atoms with Gasteiger partial charge in [-0.1, -0.05) is 19.1 Å². The number of phenols is 1. The summed E-state index contributed by atoms with van der Waals surface area (Å²) in [6, 6.07) is 5.18. The molecule has 0 aliphatic heterocycles. The fourth-order valence-corrected chi connectivity index (χ4v) is 1.09. The molecule has 0 amide bonds. The molecule has 0 atom stereocenters. The van der Waals surface area contributed by atoms with Crippen molar-refractivity contribution in [3.05, 3.63) is 29.3 Å². The molecule has 1 aromatic carbocycles. The number of hydrogen-bond acceptors (Lipinski definition) is 3. The molecule has 0 spiro atoms. The fourth-order valence-electron chi connectivity index (χ4n) is 1.09. The van der Waals surface area contributed by atoms with Gasteiger partial charge in [-0.25, -0.2) is 0 Å².